The van der Waals surface area contributed by atoms with Gasteiger partial charge in [-0.2, -0.15) is 5.10 Å². The number of hydrogen-bond acceptors (Lipinski definition) is 6. The van der Waals surface area contributed by atoms with Crippen LogP contribution in [0.3, 0.4) is 0 Å². The monoisotopic (exact) mass is 461 g/mol. The van der Waals surface area contributed by atoms with Gasteiger partial charge in [-0.3, -0.25) is 9.48 Å². The highest BCUT2D eigenvalue weighted by molar-refractivity contribution is 14.1. The number of carbonyl (C=O) groups excluding carboxylic acids is 2. The van der Waals surface area contributed by atoms with Crippen LogP contribution in [0.15, 0.2) is 18.2 Å². The molecule has 25 heavy (non-hydrogen) atoms. The Hall–Kier alpha value is -1.97. The van der Waals surface area contributed by atoms with Gasteiger partial charge in [-0.25, -0.2) is 4.79 Å². The Morgan fingerprint density at radius 2 is 1.88 bits per heavy atom. The average molecular weight is 461 g/mol. The van der Waals surface area contributed by atoms with E-state index in [1.54, 1.807) is 13.8 Å². The van der Waals surface area contributed by atoms with Gasteiger partial charge in [-0.1, -0.05) is 6.07 Å². The molecule has 138 valence electrons. The molecule has 1 N–H and O–H groups in total. The van der Waals surface area contributed by atoms with Gasteiger partial charge in [0.25, 0.3) is 0 Å². The molecule has 0 aliphatic carbocycles. The van der Waals surface area contributed by atoms with E-state index in [1.165, 1.54) is 23.4 Å². The molecule has 0 aliphatic rings. The van der Waals surface area contributed by atoms with Crippen molar-refractivity contribution >= 4 is 51.6 Å². The maximum Gasteiger partial charge on any atom is 0.348 e. The SMILES string of the molecule is CCOC(=O)C=N.CCOC(C)=O.Cc1ccc2c(I)nn(C)c2c1. The number of ether oxygens (including phenoxy) is 2. The van der Waals surface area contributed by atoms with Crippen molar-refractivity contribution in [2.75, 3.05) is 13.2 Å². The summed E-state index contributed by atoms with van der Waals surface area (Å²) in [6.07, 6.45) is 0.642. The highest BCUT2D eigenvalue weighted by Crippen LogP contribution is 2.20. The fraction of sp³-hybridized carbons (Fsp3) is 0.412. The van der Waals surface area contributed by atoms with Crippen LogP contribution in [-0.4, -0.2) is 41.1 Å². The van der Waals surface area contributed by atoms with Crippen LogP contribution in [0.1, 0.15) is 26.3 Å². The molecule has 8 heteroatoms. The molecule has 0 spiro atoms. The number of esters is 2. The topological polar surface area (TPSA) is 94.3 Å². The van der Waals surface area contributed by atoms with Gasteiger partial charge in [0, 0.05) is 19.4 Å². The molecule has 1 heterocycles. The highest BCUT2D eigenvalue weighted by atomic mass is 127. The molecule has 0 radical (unpaired) electrons. The lowest BCUT2D eigenvalue weighted by Gasteiger charge is -1.94. The molecule has 2 rings (SSSR count). The molecule has 1 aromatic heterocycles. The Bertz CT molecular complexity index is 713. The van der Waals surface area contributed by atoms with Crippen LogP contribution in [0.4, 0.5) is 0 Å². The molecule has 7 nitrogen and oxygen atoms in total. The fourth-order valence-electron chi connectivity index (χ4n) is 1.71. The molecule has 0 aliphatic heterocycles. The van der Waals surface area contributed by atoms with E-state index < -0.39 is 5.97 Å². The molecule has 0 saturated carbocycles. The van der Waals surface area contributed by atoms with Crippen molar-refractivity contribution in [1.82, 2.24) is 9.78 Å². The van der Waals surface area contributed by atoms with E-state index in [9.17, 15) is 9.59 Å². The maximum atomic E-state index is 9.95. The summed E-state index contributed by atoms with van der Waals surface area (Å²) < 4.78 is 11.7. The van der Waals surface area contributed by atoms with E-state index in [0.29, 0.717) is 19.4 Å². The van der Waals surface area contributed by atoms with Gasteiger partial charge in [0.1, 0.15) is 9.92 Å². The van der Waals surface area contributed by atoms with Crippen LogP contribution < -0.4 is 0 Å². The number of rotatable bonds is 3. The summed E-state index contributed by atoms with van der Waals surface area (Å²) in [6, 6.07) is 6.40. The lowest BCUT2D eigenvalue weighted by atomic mass is 10.2. The Balaban J connectivity index is 0.000000383. The summed E-state index contributed by atoms with van der Waals surface area (Å²) in [4.78, 5) is 19.8. The molecule has 0 atom stereocenters. The molecular formula is C17H24IN3O4. The second-order valence-electron chi connectivity index (χ2n) is 4.76. The predicted octanol–water partition coefficient (Wildman–Crippen LogP) is 3.25. The van der Waals surface area contributed by atoms with Crippen LogP contribution in [0.2, 0.25) is 0 Å². The average Bonchev–Trinajstić information content (AvgIpc) is 2.82. The van der Waals surface area contributed by atoms with Crippen molar-refractivity contribution in [3.05, 3.63) is 27.5 Å². The molecular weight excluding hydrogens is 437 g/mol. The first-order valence-corrected chi connectivity index (χ1v) is 8.74. The standard InChI is InChI=1S/C9H9IN2.C4H7NO2.C4H8O2/c1-6-3-4-7-8(5-6)12(2)11-9(7)10;1-2-7-4(6)3-5;1-3-6-4(2)5/h3-5H,1-2H3;3,5H,2H2,1H3;3H2,1-2H3. The van der Waals surface area contributed by atoms with Crippen LogP contribution in [0.25, 0.3) is 10.9 Å². The van der Waals surface area contributed by atoms with E-state index in [-0.39, 0.29) is 5.97 Å². The number of fused-ring (bicyclic) bond motifs is 1. The minimum atomic E-state index is -0.581. The maximum absolute atomic E-state index is 9.95. The van der Waals surface area contributed by atoms with Crippen molar-refractivity contribution in [3.8, 4) is 0 Å². The first-order chi connectivity index (χ1) is 11.8. The van der Waals surface area contributed by atoms with Gasteiger partial charge in [0.2, 0.25) is 0 Å². The zero-order valence-electron chi connectivity index (χ0n) is 15.1. The van der Waals surface area contributed by atoms with Crippen LogP contribution >= 0.6 is 22.6 Å². The van der Waals surface area contributed by atoms with Gasteiger partial charge >= 0.3 is 11.9 Å². The minimum absolute atomic E-state index is 0.211. The summed E-state index contributed by atoms with van der Waals surface area (Å²) in [5, 5.41) is 11.9. The molecule has 0 unspecified atom stereocenters. The lowest BCUT2D eigenvalue weighted by molar-refractivity contribution is -0.140. The van der Waals surface area contributed by atoms with Crippen LogP contribution in [0, 0.1) is 16.0 Å². The van der Waals surface area contributed by atoms with Crippen molar-refractivity contribution in [2.24, 2.45) is 7.05 Å². The minimum Gasteiger partial charge on any atom is -0.466 e. The largest absolute Gasteiger partial charge is 0.466 e. The second-order valence-corrected chi connectivity index (χ2v) is 5.78. The van der Waals surface area contributed by atoms with E-state index in [2.05, 4.69) is 62.3 Å². The Morgan fingerprint density at radius 1 is 1.28 bits per heavy atom. The summed E-state index contributed by atoms with van der Waals surface area (Å²) in [5.41, 5.74) is 2.49. The number of aromatic nitrogens is 2. The summed E-state index contributed by atoms with van der Waals surface area (Å²) in [5.74, 6) is -0.792. The smallest absolute Gasteiger partial charge is 0.348 e. The van der Waals surface area contributed by atoms with Crippen molar-refractivity contribution in [1.29, 1.82) is 5.41 Å². The molecule has 0 saturated heterocycles. The van der Waals surface area contributed by atoms with Crippen LogP contribution in [0.5, 0.6) is 0 Å². The number of aryl methyl sites for hydroxylation is 2. The number of halogens is 1. The Morgan fingerprint density at radius 3 is 2.28 bits per heavy atom. The third-order valence-electron chi connectivity index (χ3n) is 2.71. The number of nitrogens with zero attached hydrogens (tertiary/aromatic N) is 2. The molecule has 1 aromatic carbocycles. The van der Waals surface area contributed by atoms with Gasteiger partial charge in [0.05, 0.1) is 18.7 Å². The van der Waals surface area contributed by atoms with Crippen molar-refractivity contribution in [3.63, 3.8) is 0 Å². The van der Waals surface area contributed by atoms with E-state index in [1.807, 2.05) is 11.7 Å². The van der Waals surface area contributed by atoms with Crippen molar-refractivity contribution in [2.45, 2.75) is 27.7 Å². The van der Waals surface area contributed by atoms with Gasteiger partial charge in [-0.05, 0) is 61.1 Å². The molecule has 0 fully saturated rings. The van der Waals surface area contributed by atoms with Gasteiger partial charge in [0.15, 0.2) is 0 Å². The van der Waals surface area contributed by atoms with E-state index in [0.717, 1.165) is 3.70 Å². The number of carbonyl (C=O) groups is 2. The number of benzene rings is 1. The molecule has 0 bridgehead atoms. The number of nitrogens with one attached hydrogen (secondary N) is 1. The summed E-state index contributed by atoms with van der Waals surface area (Å²) in [6.45, 7) is 7.79. The van der Waals surface area contributed by atoms with E-state index in [4.69, 9.17) is 5.41 Å². The first-order valence-electron chi connectivity index (χ1n) is 7.66. The van der Waals surface area contributed by atoms with Gasteiger partial charge < -0.3 is 14.9 Å². The highest BCUT2D eigenvalue weighted by Gasteiger charge is 2.04. The Labute approximate surface area is 161 Å². The second kappa shape index (κ2) is 12.4. The molecule has 0 amide bonds. The predicted molar refractivity (Wildman–Crippen MR) is 106 cm³/mol. The lowest BCUT2D eigenvalue weighted by Crippen LogP contribution is -2.02. The van der Waals surface area contributed by atoms with Crippen LogP contribution in [-0.2, 0) is 26.1 Å². The number of hydrogen-bond donors (Lipinski definition) is 1. The summed E-state index contributed by atoms with van der Waals surface area (Å²) >= 11 is 2.26. The zero-order chi connectivity index (χ0) is 19.4. The summed E-state index contributed by atoms with van der Waals surface area (Å²) in [7, 11) is 1.98. The third-order valence-corrected chi connectivity index (χ3v) is 3.51. The fourth-order valence-corrected chi connectivity index (χ4v) is 2.49. The van der Waals surface area contributed by atoms with Crippen molar-refractivity contribution < 1.29 is 19.1 Å². The quantitative estimate of drug-likeness (QED) is 0.430. The third kappa shape index (κ3) is 9.18. The first kappa shape index (κ1) is 23.0. The normalized spacial score (nSPS) is 9.20. The van der Waals surface area contributed by atoms with Gasteiger partial charge in [-0.15, -0.1) is 0 Å². The molecule has 2 aromatic rings. The zero-order valence-corrected chi connectivity index (χ0v) is 17.3. The van der Waals surface area contributed by atoms with E-state index >= 15 is 0 Å². The Kier molecular flexibility index (Phi) is 11.4.